The van der Waals surface area contributed by atoms with Crippen LogP contribution in [0.2, 0.25) is 0 Å². The zero-order valence-electron chi connectivity index (χ0n) is 17.5. The zero-order chi connectivity index (χ0) is 22.7. The monoisotopic (exact) mass is 440 g/mol. The van der Waals surface area contributed by atoms with Gasteiger partial charge in [0.15, 0.2) is 18.3 Å². The number of guanidine groups is 1. The lowest BCUT2D eigenvalue weighted by Crippen LogP contribution is -2.38. The van der Waals surface area contributed by atoms with Gasteiger partial charge in [0.2, 0.25) is 0 Å². The average molecular weight is 440 g/mol. The molecule has 1 aromatic heterocycles. The maximum Gasteiger partial charge on any atom is 0.422 e. The van der Waals surface area contributed by atoms with Crippen molar-refractivity contribution >= 4 is 11.9 Å². The lowest BCUT2D eigenvalue weighted by atomic mass is 10.2. The number of amides is 1. The summed E-state index contributed by atoms with van der Waals surface area (Å²) in [7, 11) is 0. The molecule has 170 valence electrons. The molecule has 1 amide bonds. The number of aryl methyl sites for hydroxylation is 1. The molecule has 2 rings (SSSR count). The number of nitrogens with zero attached hydrogens (tertiary/aromatic N) is 1. The molecule has 10 heteroatoms. The van der Waals surface area contributed by atoms with Gasteiger partial charge in [0.25, 0.3) is 5.91 Å². The fourth-order valence-electron chi connectivity index (χ4n) is 2.55. The van der Waals surface area contributed by atoms with E-state index in [-0.39, 0.29) is 11.7 Å². The van der Waals surface area contributed by atoms with Gasteiger partial charge in [-0.3, -0.25) is 4.79 Å². The summed E-state index contributed by atoms with van der Waals surface area (Å²) in [6.45, 7) is 4.52. The minimum atomic E-state index is -4.37. The van der Waals surface area contributed by atoms with Gasteiger partial charge in [-0.25, -0.2) is 4.99 Å². The van der Waals surface area contributed by atoms with Crippen molar-refractivity contribution in [1.29, 1.82) is 0 Å². The van der Waals surface area contributed by atoms with Crippen molar-refractivity contribution in [2.75, 3.05) is 26.2 Å². The normalized spacial score (nSPS) is 11.8. The first kappa shape index (κ1) is 24.1. The van der Waals surface area contributed by atoms with E-state index in [1.807, 2.05) is 13.8 Å². The van der Waals surface area contributed by atoms with Crippen molar-refractivity contribution in [2.45, 2.75) is 33.0 Å². The number of rotatable bonds is 10. The van der Waals surface area contributed by atoms with E-state index in [2.05, 4.69) is 20.9 Å². The van der Waals surface area contributed by atoms with Crippen LogP contribution < -0.4 is 20.7 Å². The predicted octanol–water partition coefficient (Wildman–Crippen LogP) is 3.40. The third-order valence-corrected chi connectivity index (χ3v) is 4.09. The molecule has 3 N–H and O–H groups in total. The molecule has 0 atom stereocenters. The van der Waals surface area contributed by atoms with E-state index in [0.717, 1.165) is 11.1 Å². The summed E-state index contributed by atoms with van der Waals surface area (Å²) in [4.78, 5) is 16.4. The van der Waals surface area contributed by atoms with Crippen LogP contribution >= 0.6 is 0 Å². The number of aliphatic imine (C=N–C) groups is 1. The first-order valence-electron chi connectivity index (χ1n) is 9.91. The first-order valence-corrected chi connectivity index (χ1v) is 9.91. The van der Waals surface area contributed by atoms with Gasteiger partial charge >= 0.3 is 6.18 Å². The van der Waals surface area contributed by atoms with Crippen molar-refractivity contribution in [2.24, 2.45) is 4.99 Å². The van der Waals surface area contributed by atoms with Gasteiger partial charge in [0.1, 0.15) is 5.75 Å². The van der Waals surface area contributed by atoms with Crippen LogP contribution in [0, 0.1) is 6.92 Å². The van der Waals surface area contributed by atoms with Gasteiger partial charge in [-0.15, -0.1) is 0 Å². The molecule has 0 aliphatic rings. The summed E-state index contributed by atoms with van der Waals surface area (Å²) in [6, 6.07) is 8.05. The molecule has 0 spiro atoms. The molecule has 0 saturated carbocycles. The number of hydrogen-bond donors (Lipinski definition) is 3. The third kappa shape index (κ3) is 9.02. The highest BCUT2D eigenvalue weighted by Gasteiger charge is 2.28. The molecule has 7 nitrogen and oxygen atoms in total. The fraction of sp³-hybridized carbons (Fsp3) is 0.429. The highest BCUT2D eigenvalue weighted by atomic mass is 19.4. The Morgan fingerprint density at radius 1 is 1.10 bits per heavy atom. The number of halogens is 3. The Bertz CT molecular complexity index is 848. The highest BCUT2D eigenvalue weighted by Crippen LogP contribution is 2.19. The van der Waals surface area contributed by atoms with Crippen molar-refractivity contribution in [1.82, 2.24) is 16.0 Å². The van der Waals surface area contributed by atoms with Gasteiger partial charge in [-0.1, -0.05) is 12.1 Å². The standard InChI is InChI=1S/C21H27F3N4O3/c1-3-25-20(27-11-4-10-26-19(29)18-15(2)9-12-30-18)28-13-16-5-7-17(8-6-16)31-14-21(22,23)24/h5-9,12H,3-4,10-11,13-14H2,1-2H3,(H,26,29)(H2,25,27,28). The quantitative estimate of drug-likeness (QED) is 0.299. The number of furan rings is 1. The second-order valence-corrected chi connectivity index (χ2v) is 6.71. The number of ether oxygens (including phenoxy) is 1. The van der Waals surface area contributed by atoms with E-state index >= 15 is 0 Å². The SMILES string of the molecule is CCNC(=NCc1ccc(OCC(F)(F)F)cc1)NCCCNC(=O)c1occc1C. The zero-order valence-corrected chi connectivity index (χ0v) is 17.5. The number of nitrogens with one attached hydrogen (secondary N) is 3. The molecule has 0 radical (unpaired) electrons. The molecule has 0 saturated heterocycles. The maximum absolute atomic E-state index is 12.2. The third-order valence-electron chi connectivity index (χ3n) is 4.09. The Morgan fingerprint density at radius 2 is 1.81 bits per heavy atom. The maximum atomic E-state index is 12.2. The molecule has 2 aromatic rings. The largest absolute Gasteiger partial charge is 0.484 e. The smallest absolute Gasteiger partial charge is 0.422 e. The molecule has 0 fully saturated rings. The van der Waals surface area contributed by atoms with E-state index in [9.17, 15) is 18.0 Å². The first-order chi connectivity index (χ1) is 14.8. The summed E-state index contributed by atoms with van der Waals surface area (Å²) in [5, 5.41) is 9.09. The van der Waals surface area contributed by atoms with Gasteiger partial charge in [0.05, 0.1) is 12.8 Å². The van der Waals surface area contributed by atoms with E-state index in [1.54, 1.807) is 18.2 Å². The van der Waals surface area contributed by atoms with Crippen LogP contribution in [0.5, 0.6) is 5.75 Å². The van der Waals surface area contributed by atoms with Gasteiger partial charge < -0.3 is 25.1 Å². The Balaban J connectivity index is 1.74. The van der Waals surface area contributed by atoms with E-state index < -0.39 is 12.8 Å². The van der Waals surface area contributed by atoms with Crippen LogP contribution in [-0.4, -0.2) is 44.3 Å². The Morgan fingerprint density at radius 3 is 2.42 bits per heavy atom. The molecular weight excluding hydrogens is 413 g/mol. The van der Waals surface area contributed by atoms with Gasteiger partial charge in [-0.05, 0) is 44.0 Å². The van der Waals surface area contributed by atoms with E-state index in [1.165, 1.54) is 18.4 Å². The van der Waals surface area contributed by atoms with E-state index in [0.29, 0.717) is 44.3 Å². The molecular formula is C21H27F3N4O3. The predicted molar refractivity (Wildman–Crippen MR) is 111 cm³/mol. The number of benzene rings is 1. The molecule has 1 aromatic carbocycles. The summed E-state index contributed by atoms with van der Waals surface area (Å²) >= 11 is 0. The van der Waals surface area contributed by atoms with Crippen LogP contribution in [0.3, 0.4) is 0 Å². The van der Waals surface area contributed by atoms with Crippen molar-refractivity contribution < 1.29 is 27.1 Å². The molecule has 0 unspecified atom stereocenters. The number of carbonyl (C=O) groups is 1. The van der Waals surface area contributed by atoms with Crippen LogP contribution in [0.25, 0.3) is 0 Å². The summed E-state index contributed by atoms with van der Waals surface area (Å²) in [5.41, 5.74) is 1.62. The van der Waals surface area contributed by atoms with Crippen LogP contribution in [0.1, 0.15) is 35.0 Å². The molecule has 0 bridgehead atoms. The minimum absolute atomic E-state index is 0.155. The van der Waals surface area contributed by atoms with Crippen molar-refractivity contribution in [3.8, 4) is 5.75 Å². The number of hydrogen-bond acceptors (Lipinski definition) is 4. The lowest BCUT2D eigenvalue weighted by Gasteiger charge is -2.12. The summed E-state index contributed by atoms with van der Waals surface area (Å²) in [5.74, 6) is 0.832. The summed E-state index contributed by atoms with van der Waals surface area (Å²) in [6.07, 6.45) is -2.20. The van der Waals surface area contributed by atoms with E-state index in [4.69, 9.17) is 9.15 Å². The van der Waals surface area contributed by atoms with Crippen LogP contribution in [0.15, 0.2) is 46.0 Å². The summed E-state index contributed by atoms with van der Waals surface area (Å²) < 4.78 is 46.4. The fourth-order valence-corrected chi connectivity index (χ4v) is 2.55. The Kier molecular flexibility index (Phi) is 9.23. The van der Waals surface area contributed by atoms with Crippen LogP contribution in [-0.2, 0) is 6.54 Å². The molecule has 0 aliphatic heterocycles. The van der Waals surface area contributed by atoms with Crippen molar-refractivity contribution in [3.05, 3.63) is 53.5 Å². The molecule has 0 aliphatic carbocycles. The lowest BCUT2D eigenvalue weighted by molar-refractivity contribution is -0.153. The molecule has 1 heterocycles. The second kappa shape index (κ2) is 11.9. The Labute approximate surface area is 179 Å². The van der Waals surface area contributed by atoms with Gasteiger partial charge in [-0.2, -0.15) is 13.2 Å². The second-order valence-electron chi connectivity index (χ2n) is 6.71. The van der Waals surface area contributed by atoms with Crippen molar-refractivity contribution in [3.63, 3.8) is 0 Å². The number of alkyl halides is 3. The number of carbonyl (C=O) groups excluding carboxylic acids is 1. The topological polar surface area (TPSA) is 87.9 Å². The van der Waals surface area contributed by atoms with Crippen LogP contribution in [0.4, 0.5) is 13.2 Å². The molecule has 31 heavy (non-hydrogen) atoms. The Hall–Kier alpha value is -3.17. The minimum Gasteiger partial charge on any atom is -0.484 e. The van der Waals surface area contributed by atoms with Gasteiger partial charge in [0, 0.05) is 25.2 Å². The average Bonchev–Trinajstić information content (AvgIpc) is 3.16. The highest BCUT2D eigenvalue weighted by molar-refractivity contribution is 5.92.